The lowest BCUT2D eigenvalue weighted by Gasteiger charge is -2.30. The van der Waals surface area contributed by atoms with E-state index in [9.17, 15) is 4.79 Å². The van der Waals surface area contributed by atoms with Gasteiger partial charge in [0.25, 0.3) is 5.91 Å². The topological polar surface area (TPSA) is 32.3 Å². The molecule has 2 heterocycles. The van der Waals surface area contributed by atoms with Gasteiger partial charge in [-0.05, 0) is 36.0 Å². The largest absolute Gasteiger partial charge is 0.329 e. The third kappa shape index (κ3) is 1.44. The first-order valence-electron chi connectivity index (χ1n) is 6.61. The Labute approximate surface area is 111 Å². The Bertz CT molecular complexity index is 539. The van der Waals surface area contributed by atoms with Gasteiger partial charge in [0.15, 0.2) is 0 Å². The van der Waals surface area contributed by atoms with Crippen molar-refractivity contribution in [1.29, 1.82) is 0 Å². The summed E-state index contributed by atoms with van der Waals surface area (Å²) < 4.78 is 0. The number of carbonyl (C=O) groups is 1. The summed E-state index contributed by atoms with van der Waals surface area (Å²) >= 11 is 6.34. The van der Waals surface area contributed by atoms with Crippen molar-refractivity contribution >= 4 is 17.5 Å². The molecule has 1 saturated carbocycles. The second-order valence-corrected chi connectivity index (χ2v) is 5.87. The number of rotatable bonds is 1. The number of nitrogens with one attached hydrogen (secondary N) is 1. The second-order valence-electron chi connectivity index (χ2n) is 5.46. The Kier molecular flexibility index (Phi) is 2.24. The van der Waals surface area contributed by atoms with Crippen LogP contribution >= 0.6 is 11.6 Å². The fourth-order valence-corrected chi connectivity index (χ4v) is 3.48. The van der Waals surface area contributed by atoms with Gasteiger partial charge in [0.2, 0.25) is 0 Å². The minimum Gasteiger partial charge on any atom is -0.329 e. The van der Waals surface area contributed by atoms with Crippen LogP contribution < -0.4 is 5.32 Å². The molecule has 1 saturated heterocycles. The summed E-state index contributed by atoms with van der Waals surface area (Å²) in [6.45, 7) is 2.51. The van der Waals surface area contributed by atoms with Crippen LogP contribution in [0.3, 0.4) is 0 Å². The van der Waals surface area contributed by atoms with E-state index in [1.807, 2.05) is 11.0 Å². The van der Waals surface area contributed by atoms with E-state index in [0.717, 1.165) is 30.8 Å². The first-order valence-corrected chi connectivity index (χ1v) is 6.98. The Morgan fingerprint density at radius 2 is 2.17 bits per heavy atom. The highest BCUT2D eigenvalue weighted by Gasteiger charge is 2.40. The molecule has 1 aromatic carbocycles. The Balaban J connectivity index is 1.85. The normalized spacial score (nSPS) is 26.2. The highest BCUT2D eigenvalue weighted by molar-refractivity contribution is 6.34. The SMILES string of the molecule is O=C1c2c(Cl)cc(C3CC3)cc2[C@@H]2CNCCN12. The molecule has 4 heteroatoms. The maximum Gasteiger partial charge on any atom is 0.256 e. The zero-order valence-electron chi connectivity index (χ0n) is 10.1. The molecule has 3 nitrogen and oxygen atoms in total. The van der Waals surface area contributed by atoms with Gasteiger partial charge in [-0.3, -0.25) is 4.79 Å². The summed E-state index contributed by atoms with van der Waals surface area (Å²) in [7, 11) is 0. The monoisotopic (exact) mass is 262 g/mol. The van der Waals surface area contributed by atoms with Gasteiger partial charge >= 0.3 is 0 Å². The van der Waals surface area contributed by atoms with Crippen molar-refractivity contribution in [1.82, 2.24) is 10.2 Å². The molecule has 94 valence electrons. The fraction of sp³-hybridized carbons (Fsp3) is 0.500. The number of hydrogen-bond donors (Lipinski definition) is 1. The molecular formula is C14H15ClN2O. The molecule has 18 heavy (non-hydrogen) atoms. The number of fused-ring (bicyclic) bond motifs is 3. The molecule has 3 aliphatic rings. The van der Waals surface area contributed by atoms with Gasteiger partial charge < -0.3 is 10.2 Å². The van der Waals surface area contributed by atoms with Crippen LogP contribution in [-0.2, 0) is 0 Å². The molecule has 0 radical (unpaired) electrons. The van der Waals surface area contributed by atoms with Crippen LogP contribution in [0.25, 0.3) is 0 Å². The molecule has 1 aromatic rings. The zero-order valence-corrected chi connectivity index (χ0v) is 10.8. The first-order chi connectivity index (χ1) is 8.75. The molecule has 0 unspecified atom stereocenters. The Morgan fingerprint density at radius 1 is 1.33 bits per heavy atom. The molecular weight excluding hydrogens is 248 g/mol. The lowest BCUT2D eigenvalue weighted by Crippen LogP contribution is -2.44. The number of nitrogens with zero attached hydrogens (tertiary/aromatic N) is 1. The number of carbonyl (C=O) groups excluding carboxylic acids is 1. The molecule has 1 N–H and O–H groups in total. The molecule has 0 aromatic heterocycles. The maximum atomic E-state index is 12.4. The summed E-state index contributed by atoms with van der Waals surface area (Å²) in [6.07, 6.45) is 2.52. The van der Waals surface area contributed by atoms with Crippen LogP contribution in [0, 0.1) is 0 Å². The summed E-state index contributed by atoms with van der Waals surface area (Å²) in [5, 5.41) is 4.01. The van der Waals surface area contributed by atoms with Gasteiger partial charge in [-0.2, -0.15) is 0 Å². The minimum absolute atomic E-state index is 0.115. The van der Waals surface area contributed by atoms with E-state index in [1.165, 1.54) is 18.4 Å². The van der Waals surface area contributed by atoms with E-state index in [1.54, 1.807) is 0 Å². The van der Waals surface area contributed by atoms with Gasteiger partial charge in [-0.15, -0.1) is 0 Å². The van der Waals surface area contributed by atoms with Crippen molar-refractivity contribution in [2.45, 2.75) is 24.8 Å². The summed E-state index contributed by atoms with van der Waals surface area (Å²) in [5.74, 6) is 0.789. The first kappa shape index (κ1) is 10.8. The summed E-state index contributed by atoms with van der Waals surface area (Å²) in [4.78, 5) is 14.3. The third-order valence-corrected chi connectivity index (χ3v) is 4.57. The lowest BCUT2D eigenvalue weighted by molar-refractivity contribution is 0.0691. The highest BCUT2D eigenvalue weighted by atomic mass is 35.5. The zero-order chi connectivity index (χ0) is 12.3. The number of piperazine rings is 1. The van der Waals surface area contributed by atoms with Crippen LogP contribution in [-0.4, -0.2) is 30.4 Å². The number of halogens is 1. The van der Waals surface area contributed by atoms with E-state index in [0.29, 0.717) is 10.9 Å². The third-order valence-electron chi connectivity index (χ3n) is 4.27. The van der Waals surface area contributed by atoms with Crippen LogP contribution in [0.4, 0.5) is 0 Å². The highest BCUT2D eigenvalue weighted by Crippen LogP contribution is 2.45. The fourth-order valence-electron chi connectivity index (χ4n) is 3.16. The molecule has 1 aliphatic carbocycles. The average molecular weight is 263 g/mol. The van der Waals surface area contributed by atoms with Gasteiger partial charge in [0, 0.05) is 19.6 Å². The molecule has 0 spiro atoms. The van der Waals surface area contributed by atoms with Crippen LogP contribution in [0.1, 0.15) is 46.3 Å². The van der Waals surface area contributed by atoms with Crippen molar-refractivity contribution in [3.63, 3.8) is 0 Å². The molecule has 1 atom stereocenters. The summed E-state index contributed by atoms with van der Waals surface area (Å²) in [6, 6.07) is 4.41. The van der Waals surface area contributed by atoms with Crippen molar-refractivity contribution in [3.05, 3.63) is 33.8 Å². The van der Waals surface area contributed by atoms with E-state index < -0.39 is 0 Å². The van der Waals surface area contributed by atoms with Crippen LogP contribution in [0.2, 0.25) is 5.02 Å². The van der Waals surface area contributed by atoms with Crippen molar-refractivity contribution in [3.8, 4) is 0 Å². The van der Waals surface area contributed by atoms with E-state index in [-0.39, 0.29) is 11.9 Å². The smallest absolute Gasteiger partial charge is 0.256 e. The quantitative estimate of drug-likeness (QED) is 0.842. The number of amides is 1. The van der Waals surface area contributed by atoms with E-state index in [4.69, 9.17) is 11.6 Å². The Morgan fingerprint density at radius 3 is 2.94 bits per heavy atom. The summed E-state index contributed by atoms with van der Waals surface area (Å²) in [5.41, 5.74) is 3.20. The van der Waals surface area contributed by atoms with Gasteiger partial charge in [-0.1, -0.05) is 17.7 Å². The van der Waals surface area contributed by atoms with E-state index >= 15 is 0 Å². The lowest BCUT2D eigenvalue weighted by atomic mass is 9.98. The van der Waals surface area contributed by atoms with Crippen LogP contribution in [0.15, 0.2) is 12.1 Å². The van der Waals surface area contributed by atoms with Crippen molar-refractivity contribution in [2.24, 2.45) is 0 Å². The van der Waals surface area contributed by atoms with Gasteiger partial charge in [-0.25, -0.2) is 0 Å². The predicted octanol–water partition coefficient (Wildman–Crippen LogP) is 2.32. The number of benzene rings is 1. The second kappa shape index (κ2) is 3.72. The maximum absolute atomic E-state index is 12.4. The van der Waals surface area contributed by atoms with E-state index in [2.05, 4.69) is 11.4 Å². The molecule has 0 bridgehead atoms. The van der Waals surface area contributed by atoms with Crippen molar-refractivity contribution in [2.75, 3.05) is 19.6 Å². The predicted molar refractivity (Wildman–Crippen MR) is 70.1 cm³/mol. The standard InChI is InChI=1S/C14H15ClN2O/c15-11-6-9(8-1-2-8)5-10-12-7-16-3-4-17(12)14(18)13(10)11/h5-6,8,12,16H,1-4,7H2/t12-/m0/s1. The van der Waals surface area contributed by atoms with Crippen LogP contribution in [0.5, 0.6) is 0 Å². The molecule has 1 amide bonds. The van der Waals surface area contributed by atoms with Crippen molar-refractivity contribution < 1.29 is 4.79 Å². The average Bonchev–Trinajstić information content (AvgIpc) is 3.18. The Hall–Kier alpha value is -1.06. The van der Waals surface area contributed by atoms with Gasteiger partial charge in [0.05, 0.1) is 16.6 Å². The molecule has 2 aliphatic heterocycles. The molecule has 4 rings (SSSR count). The van der Waals surface area contributed by atoms with Gasteiger partial charge in [0.1, 0.15) is 0 Å². The number of hydrogen-bond acceptors (Lipinski definition) is 2. The molecule has 2 fully saturated rings. The minimum atomic E-state index is 0.115.